The summed E-state index contributed by atoms with van der Waals surface area (Å²) in [7, 11) is 0. The maximum Gasteiger partial charge on any atom is 0.418 e. The van der Waals surface area contributed by atoms with Crippen molar-refractivity contribution in [3.63, 3.8) is 0 Å². The van der Waals surface area contributed by atoms with Crippen LogP contribution in [-0.2, 0) is 15.7 Å². The van der Waals surface area contributed by atoms with Gasteiger partial charge in [-0.1, -0.05) is 19.1 Å². The van der Waals surface area contributed by atoms with E-state index in [9.17, 15) is 18.0 Å². The van der Waals surface area contributed by atoms with E-state index in [0.29, 0.717) is 13.2 Å². The molecule has 1 aromatic rings. The Balaban J connectivity index is 2.13. The van der Waals surface area contributed by atoms with E-state index in [1.54, 1.807) is 0 Å². The van der Waals surface area contributed by atoms with Gasteiger partial charge in [-0.25, -0.2) is 0 Å². The van der Waals surface area contributed by atoms with Gasteiger partial charge in [0.05, 0.1) is 30.4 Å². The van der Waals surface area contributed by atoms with E-state index in [1.807, 2.05) is 6.92 Å². The molecule has 0 radical (unpaired) electrons. The van der Waals surface area contributed by atoms with Gasteiger partial charge in [-0.3, -0.25) is 4.79 Å². The Kier molecular flexibility index (Phi) is 4.84. The largest absolute Gasteiger partial charge is 0.418 e. The van der Waals surface area contributed by atoms with Crippen LogP contribution < -0.4 is 10.6 Å². The Morgan fingerprint density at radius 1 is 1.33 bits per heavy atom. The molecule has 0 spiro atoms. The Labute approximate surface area is 120 Å². The van der Waals surface area contributed by atoms with Gasteiger partial charge in [0.15, 0.2) is 0 Å². The first-order valence-electron chi connectivity index (χ1n) is 6.71. The molecular weight excluding hydrogens is 285 g/mol. The fraction of sp³-hybridized carbons (Fsp3) is 0.500. The molecule has 1 amide bonds. The molecule has 2 unspecified atom stereocenters. The summed E-state index contributed by atoms with van der Waals surface area (Å²) in [5.74, 6) is -0.957. The Morgan fingerprint density at radius 2 is 2.05 bits per heavy atom. The number of hydrogen-bond acceptors (Lipinski definition) is 3. The second-order valence-corrected chi connectivity index (χ2v) is 4.84. The van der Waals surface area contributed by atoms with Crippen molar-refractivity contribution in [2.75, 3.05) is 25.1 Å². The van der Waals surface area contributed by atoms with Crippen molar-refractivity contribution in [2.45, 2.75) is 19.1 Å². The number of rotatable bonds is 4. The fourth-order valence-electron chi connectivity index (χ4n) is 2.34. The number of nitrogens with one attached hydrogen (secondary N) is 2. The molecule has 4 nitrogen and oxygen atoms in total. The zero-order valence-electron chi connectivity index (χ0n) is 11.5. The van der Waals surface area contributed by atoms with E-state index in [0.717, 1.165) is 6.07 Å². The third kappa shape index (κ3) is 3.74. The molecule has 0 aliphatic carbocycles. The average molecular weight is 302 g/mol. The number of likely N-dealkylation sites (N-methyl/N-ethyl adjacent to an activating group) is 1. The van der Waals surface area contributed by atoms with Crippen LogP contribution in [0.2, 0.25) is 0 Å². The molecule has 2 N–H and O–H groups in total. The van der Waals surface area contributed by atoms with Gasteiger partial charge in [0, 0.05) is 6.04 Å². The quantitative estimate of drug-likeness (QED) is 0.897. The van der Waals surface area contributed by atoms with Gasteiger partial charge in [0.25, 0.3) is 0 Å². The number of hydrogen-bond donors (Lipinski definition) is 2. The minimum Gasteiger partial charge on any atom is -0.379 e. The number of anilines is 1. The Hall–Kier alpha value is -1.60. The highest BCUT2D eigenvalue weighted by Gasteiger charge is 2.36. The maximum atomic E-state index is 12.9. The van der Waals surface area contributed by atoms with Gasteiger partial charge in [-0.05, 0) is 18.7 Å². The maximum absolute atomic E-state index is 12.9. The molecule has 116 valence electrons. The van der Waals surface area contributed by atoms with Crippen LogP contribution in [0.15, 0.2) is 24.3 Å². The first kappa shape index (κ1) is 15.8. The van der Waals surface area contributed by atoms with Crippen LogP contribution in [0.25, 0.3) is 0 Å². The number of alkyl halides is 3. The van der Waals surface area contributed by atoms with E-state index < -0.39 is 23.6 Å². The van der Waals surface area contributed by atoms with E-state index in [4.69, 9.17) is 4.74 Å². The summed E-state index contributed by atoms with van der Waals surface area (Å²) in [6.45, 7) is 3.15. The molecule has 21 heavy (non-hydrogen) atoms. The highest BCUT2D eigenvalue weighted by atomic mass is 19.4. The highest BCUT2D eigenvalue weighted by molar-refractivity contribution is 5.94. The van der Waals surface area contributed by atoms with E-state index in [2.05, 4.69) is 10.6 Å². The van der Waals surface area contributed by atoms with E-state index in [-0.39, 0.29) is 18.3 Å². The molecule has 1 aliphatic rings. The van der Waals surface area contributed by atoms with Gasteiger partial charge in [0.1, 0.15) is 0 Å². The number of benzene rings is 1. The van der Waals surface area contributed by atoms with Crippen molar-refractivity contribution in [2.24, 2.45) is 5.92 Å². The number of amides is 1. The van der Waals surface area contributed by atoms with Crippen LogP contribution >= 0.6 is 0 Å². The highest BCUT2D eigenvalue weighted by Crippen LogP contribution is 2.34. The number of ether oxygens (including phenoxy) is 1. The molecule has 2 rings (SSSR count). The number of para-hydroxylation sites is 1. The van der Waals surface area contributed by atoms with Crippen molar-refractivity contribution < 1.29 is 22.7 Å². The summed E-state index contributed by atoms with van der Waals surface area (Å²) in [6.07, 6.45) is -4.50. The predicted octanol–water partition coefficient (Wildman–Crippen LogP) is 2.27. The van der Waals surface area contributed by atoms with Crippen molar-refractivity contribution in [1.29, 1.82) is 0 Å². The van der Waals surface area contributed by atoms with E-state index in [1.165, 1.54) is 18.2 Å². The van der Waals surface area contributed by atoms with Gasteiger partial charge < -0.3 is 15.4 Å². The number of carbonyl (C=O) groups excluding carboxylic acids is 1. The van der Waals surface area contributed by atoms with Gasteiger partial charge in [-0.2, -0.15) is 13.2 Å². The molecule has 0 aromatic heterocycles. The van der Waals surface area contributed by atoms with Crippen LogP contribution in [0.5, 0.6) is 0 Å². The zero-order chi connectivity index (χ0) is 15.5. The normalized spacial score (nSPS) is 22.3. The molecule has 1 fully saturated rings. The Bertz CT molecular complexity index is 505. The molecule has 1 saturated heterocycles. The lowest BCUT2D eigenvalue weighted by Crippen LogP contribution is -2.41. The van der Waals surface area contributed by atoms with Gasteiger partial charge in [0.2, 0.25) is 5.91 Å². The van der Waals surface area contributed by atoms with Crippen molar-refractivity contribution in [1.82, 2.24) is 5.32 Å². The molecule has 1 aliphatic heterocycles. The summed E-state index contributed by atoms with van der Waals surface area (Å²) in [6, 6.07) is 4.77. The second-order valence-electron chi connectivity index (χ2n) is 4.84. The Morgan fingerprint density at radius 3 is 2.71 bits per heavy atom. The minimum atomic E-state index is -4.50. The van der Waals surface area contributed by atoms with Crippen LogP contribution in [0.3, 0.4) is 0 Å². The first-order chi connectivity index (χ1) is 9.93. The standard InChI is InChI=1S/C14H17F3N2O2/c1-2-18-12-8-21-7-9(12)13(20)19-11-6-4-3-5-10(11)14(15,16)17/h3-6,9,12,18H,2,7-8H2,1H3,(H,19,20). The number of halogens is 3. The van der Waals surface area contributed by atoms with Crippen LogP contribution in [0, 0.1) is 5.92 Å². The lowest BCUT2D eigenvalue weighted by Gasteiger charge is -2.19. The topological polar surface area (TPSA) is 50.4 Å². The lowest BCUT2D eigenvalue weighted by molar-refractivity contribution is -0.137. The smallest absolute Gasteiger partial charge is 0.379 e. The van der Waals surface area contributed by atoms with Crippen molar-refractivity contribution in [3.05, 3.63) is 29.8 Å². The predicted molar refractivity (Wildman–Crippen MR) is 71.8 cm³/mol. The van der Waals surface area contributed by atoms with Gasteiger partial charge in [-0.15, -0.1) is 0 Å². The summed E-state index contributed by atoms with van der Waals surface area (Å²) >= 11 is 0. The molecule has 1 aromatic carbocycles. The number of carbonyl (C=O) groups is 1. The monoisotopic (exact) mass is 302 g/mol. The van der Waals surface area contributed by atoms with E-state index >= 15 is 0 Å². The third-order valence-corrected chi connectivity index (χ3v) is 3.37. The SMILES string of the molecule is CCNC1COCC1C(=O)Nc1ccccc1C(F)(F)F. The zero-order valence-corrected chi connectivity index (χ0v) is 11.5. The summed E-state index contributed by atoms with van der Waals surface area (Å²) in [5.41, 5.74) is -1.07. The first-order valence-corrected chi connectivity index (χ1v) is 6.71. The molecular formula is C14H17F3N2O2. The minimum absolute atomic E-state index is 0.173. The summed E-state index contributed by atoms with van der Waals surface area (Å²) < 4.78 is 43.9. The average Bonchev–Trinajstić information content (AvgIpc) is 2.87. The van der Waals surface area contributed by atoms with Crippen LogP contribution in [0.4, 0.5) is 18.9 Å². The molecule has 2 atom stereocenters. The summed E-state index contributed by atoms with van der Waals surface area (Å²) in [5, 5.41) is 5.47. The molecule has 1 heterocycles. The van der Waals surface area contributed by atoms with Crippen molar-refractivity contribution >= 4 is 11.6 Å². The molecule has 7 heteroatoms. The van der Waals surface area contributed by atoms with Crippen LogP contribution in [-0.4, -0.2) is 31.7 Å². The summed E-state index contributed by atoms with van der Waals surface area (Å²) in [4.78, 5) is 12.2. The van der Waals surface area contributed by atoms with Crippen LogP contribution in [0.1, 0.15) is 12.5 Å². The molecule has 0 bridgehead atoms. The second kappa shape index (κ2) is 6.44. The lowest BCUT2D eigenvalue weighted by atomic mass is 10.0. The molecule has 0 saturated carbocycles. The van der Waals surface area contributed by atoms with Gasteiger partial charge >= 0.3 is 6.18 Å². The third-order valence-electron chi connectivity index (χ3n) is 3.37. The fourth-order valence-corrected chi connectivity index (χ4v) is 2.34. The van der Waals surface area contributed by atoms with Crippen molar-refractivity contribution in [3.8, 4) is 0 Å².